The molecule has 2 aliphatic heterocycles. The van der Waals surface area contributed by atoms with Crippen LogP contribution in [-0.4, -0.2) is 60.5 Å². The summed E-state index contributed by atoms with van der Waals surface area (Å²) < 4.78 is 25.1. The number of amides is 1. The van der Waals surface area contributed by atoms with Crippen molar-refractivity contribution in [1.82, 2.24) is 9.80 Å². The van der Waals surface area contributed by atoms with Crippen molar-refractivity contribution in [3.63, 3.8) is 0 Å². The fraction of sp³-hybridized carbons (Fsp3) is 0.391. The molecule has 2 heterocycles. The van der Waals surface area contributed by atoms with Crippen molar-refractivity contribution in [2.45, 2.75) is 43.0 Å². The molecule has 2 saturated heterocycles. The smallest absolute Gasteiger partial charge is 0.335 e. The van der Waals surface area contributed by atoms with Crippen LogP contribution in [0.3, 0.4) is 0 Å². The van der Waals surface area contributed by atoms with Gasteiger partial charge in [0.15, 0.2) is 5.25 Å². The van der Waals surface area contributed by atoms with E-state index in [4.69, 9.17) is 0 Å². The Hall–Kier alpha value is -2.55. The van der Waals surface area contributed by atoms with Gasteiger partial charge in [-0.15, -0.1) is 4.21 Å². The zero-order valence-corrected chi connectivity index (χ0v) is 18.4. The first-order chi connectivity index (χ1) is 14.6. The molecule has 2 aliphatic rings. The number of hydrogen-bond donors (Lipinski definition) is 1. The van der Waals surface area contributed by atoms with Gasteiger partial charge >= 0.3 is 5.97 Å². The van der Waals surface area contributed by atoms with Crippen LogP contribution in [0.15, 0.2) is 54.6 Å². The molecule has 0 radical (unpaired) electrons. The summed E-state index contributed by atoms with van der Waals surface area (Å²) in [6.07, 6.45) is 0. The van der Waals surface area contributed by atoms with E-state index in [2.05, 4.69) is 0 Å². The highest BCUT2D eigenvalue weighted by atomic mass is 32.3. The van der Waals surface area contributed by atoms with E-state index < -0.39 is 32.2 Å². The molecule has 2 fully saturated rings. The SMILES string of the molecule is CC1(C)C(=O)N(Cc2ccccc2)[C@H]2CN(Cc3cccc(C(=O)O)c3)C[C@H]2[S+]1(=O)[O-]. The van der Waals surface area contributed by atoms with Crippen LogP contribution in [0.4, 0.5) is 0 Å². The second-order valence-corrected chi connectivity index (χ2v) is 11.5. The van der Waals surface area contributed by atoms with Gasteiger partial charge in [0.05, 0.1) is 21.8 Å². The number of nitrogens with zero attached hydrogens (tertiary/aromatic N) is 2. The molecule has 0 saturated carbocycles. The second kappa shape index (κ2) is 7.85. The number of benzene rings is 2. The van der Waals surface area contributed by atoms with Gasteiger partial charge in [0.1, 0.15) is 0 Å². The Kier molecular flexibility index (Phi) is 5.49. The topological polar surface area (TPSA) is 101 Å². The molecule has 164 valence electrons. The van der Waals surface area contributed by atoms with Crippen molar-refractivity contribution in [2.75, 3.05) is 13.1 Å². The minimum absolute atomic E-state index is 0.198. The van der Waals surface area contributed by atoms with E-state index in [0.29, 0.717) is 26.2 Å². The quantitative estimate of drug-likeness (QED) is 0.714. The lowest BCUT2D eigenvalue weighted by Crippen LogP contribution is -2.67. The van der Waals surface area contributed by atoms with Crippen LogP contribution in [0.2, 0.25) is 0 Å². The molecule has 2 aromatic carbocycles. The zero-order valence-electron chi connectivity index (χ0n) is 17.6. The number of carboxylic acids is 1. The summed E-state index contributed by atoms with van der Waals surface area (Å²) in [7, 11) is -3.69. The van der Waals surface area contributed by atoms with Gasteiger partial charge in [-0.3, -0.25) is 9.69 Å². The lowest BCUT2D eigenvalue weighted by atomic mass is 10.1. The van der Waals surface area contributed by atoms with Crippen LogP contribution in [0.5, 0.6) is 0 Å². The first-order valence-corrected chi connectivity index (χ1v) is 11.8. The predicted octanol–water partition coefficient (Wildman–Crippen LogP) is 2.39. The monoisotopic (exact) mass is 442 g/mol. The highest BCUT2D eigenvalue weighted by molar-refractivity contribution is 8.00. The number of carbonyl (C=O) groups is 2. The van der Waals surface area contributed by atoms with Crippen molar-refractivity contribution in [1.29, 1.82) is 0 Å². The average Bonchev–Trinajstić information content (AvgIpc) is 3.16. The summed E-state index contributed by atoms with van der Waals surface area (Å²) >= 11 is 0. The fourth-order valence-electron chi connectivity index (χ4n) is 4.59. The molecule has 1 unspecified atom stereocenters. The molecule has 4 rings (SSSR count). The van der Waals surface area contributed by atoms with Crippen molar-refractivity contribution < 1.29 is 23.5 Å². The summed E-state index contributed by atoms with van der Waals surface area (Å²) in [5.41, 5.74) is 1.96. The van der Waals surface area contributed by atoms with E-state index in [9.17, 15) is 23.5 Å². The molecule has 3 atom stereocenters. The van der Waals surface area contributed by atoms with E-state index in [1.807, 2.05) is 41.3 Å². The van der Waals surface area contributed by atoms with Crippen molar-refractivity contribution in [2.24, 2.45) is 0 Å². The Balaban J connectivity index is 1.62. The Morgan fingerprint density at radius 1 is 1.10 bits per heavy atom. The van der Waals surface area contributed by atoms with E-state index in [1.165, 1.54) is 19.9 Å². The maximum Gasteiger partial charge on any atom is 0.335 e. The molecule has 0 spiro atoms. The normalized spacial score (nSPS) is 27.8. The van der Waals surface area contributed by atoms with Gasteiger partial charge in [0.2, 0.25) is 4.75 Å². The molecule has 7 nitrogen and oxygen atoms in total. The van der Waals surface area contributed by atoms with Gasteiger partial charge in [-0.25, -0.2) is 4.79 Å². The number of rotatable bonds is 5. The molecular weight excluding hydrogens is 416 g/mol. The Morgan fingerprint density at radius 3 is 2.45 bits per heavy atom. The highest BCUT2D eigenvalue weighted by Crippen LogP contribution is 2.41. The molecule has 0 bridgehead atoms. The third-order valence-electron chi connectivity index (χ3n) is 6.37. The molecule has 31 heavy (non-hydrogen) atoms. The minimum Gasteiger partial charge on any atom is -0.614 e. The van der Waals surface area contributed by atoms with Crippen molar-refractivity contribution >= 4 is 22.1 Å². The van der Waals surface area contributed by atoms with Crippen molar-refractivity contribution in [3.05, 3.63) is 71.3 Å². The highest BCUT2D eigenvalue weighted by Gasteiger charge is 2.63. The van der Waals surface area contributed by atoms with Gasteiger partial charge < -0.3 is 14.6 Å². The summed E-state index contributed by atoms with van der Waals surface area (Å²) in [6.45, 7) is 4.53. The molecule has 0 aromatic heterocycles. The lowest BCUT2D eigenvalue weighted by molar-refractivity contribution is -0.137. The molecule has 1 amide bonds. The predicted molar refractivity (Wildman–Crippen MR) is 116 cm³/mol. The number of likely N-dealkylation sites (tertiary alicyclic amines) is 1. The standard InChI is InChI=1S/C23H26N2O5S/c1-23(2)22(28)25(13-16-7-4-3-5-8-16)19-14-24(15-20(19)31(23,29)30)12-17-9-6-10-18(11-17)21(26)27/h3-11,19-20H,12-15H2,1-2H3,(H-,26,27,29,30)/t19-,20+/m0/s1. The summed E-state index contributed by atoms with van der Waals surface area (Å²) in [6, 6.07) is 15.8. The van der Waals surface area contributed by atoms with Gasteiger partial charge in [-0.2, -0.15) is 0 Å². The van der Waals surface area contributed by atoms with E-state index >= 15 is 0 Å². The van der Waals surface area contributed by atoms with Gasteiger partial charge in [0, 0.05) is 26.2 Å². The first-order valence-electron chi connectivity index (χ1n) is 10.2. The second-order valence-electron chi connectivity index (χ2n) is 8.78. The van der Waals surface area contributed by atoms with Gasteiger partial charge in [-0.1, -0.05) is 42.5 Å². The van der Waals surface area contributed by atoms with Crippen LogP contribution in [0, 0.1) is 0 Å². The van der Waals surface area contributed by atoms with E-state index in [0.717, 1.165) is 11.1 Å². The maximum absolute atomic E-state index is 13.3. The number of fused-ring (bicyclic) bond motifs is 1. The Labute approximate surface area is 182 Å². The molecule has 0 aliphatic carbocycles. The van der Waals surface area contributed by atoms with Gasteiger partial charge in [0.25, 0.3) is 5.91 Å². The van der Waals surface area contributed by atoms with Gasteiger partial charge in [-0.05, 0) is 37.1 Å². The average molecular weight is 443 g/mol. The van der Waals surface area contributed by atoms with Crippen LogP contribution in [0.25, 0.3) is 0 Å². The minimum atomic E-state index is -3.69. The van der Waals surface area contributed by atoms with E-state index in [-0.39, 0.29) is 11.5 Å². The van der Waals surface area contributed by atoms with Crippen molar-refractivity contribution in [3.8, 4) is 0 Å². The first kappa shape index (κ1) is 21.7. The van der Waals surface area contributed by atoms with Crippen LogP contribution < -0.4 is 0 Å². The van der Waals surface area contributed by atoms with Crippen LogP contribution >= 0.6 is 0 Å². The molecule has 1 N–H and O–H groups in total. The zero-order chi connectivity index (χ0) is 22.4. The number of carboxylic acid groups (broad SMARTS) is 1. The number of hydrogen-bond acceptors (Lipinski definition) is 5. The maximum atomic E-state index is 13.3. The number of aromatic carboxylic acids is 1. The lowest BCUT2D eigenvalue weighted by Gasteiger charge is -2.47. The number of sulfone groups is 1. The summed E-state index contributed by atoms with van der Waals surface area (Å²) in [5.74, 6) is -1.37. The third-order valence-corrected chi connectivity index (χ3v) is 9.23. The van der Waals surface area contributed by atoms with Crippen LogP contribution in [-0.2, 0) is 32.3 Å². The van der Waals surface area contributed by atoms with Crippen LogP contribution in [0.1, 0.15) is 35.3 Å². The Bertz CT molecular complexity index is 1050. The largest absolute Gasteiger partial charge is 0.614 e. The molecule has 8 heteroatoms. The van der Waals surface area contributed by atoms with E-state index in [1.54, 1.807) is 17.0 Å². The Morgan fingerprint density at radius 2 is 1.77 bits per heavy atom. The third kappa shape index (κ3) is 3.79. The number of carbonyl (C=O) groups excluding carboxylic acids is 1. The molecule has 2 aromatic rings. The fourth-order valence-corrected chi connectivity index (χ4v) is 6.76. The summed E-state index contributed by atoms with van der Waals surface area (Å²) in [4.78, 5) is 28.2. The summed E-state index contributed by atoms with van der Waals surface area (Å²) in [5, 5.41) is 8.56. The molecular formula is C23H26N2O5S.